The first kappa shape index (κ1) is 19.5. The number of carbonyl (C=O) groups excluding carboxylic acids is 1. The van der Waals surface area contributed by atoms with Crippen molar-refractivity contribution in [1.29, 1.82) is 0 Å². The van der Waals surface area contributed by atoms with E-state index in [9.17, 15) is 18.0 Å². The highest BCUT2D eigenvalue weighted by Crippen LogP contribution is 2.34. The number of ether oxygens (including phenoxy) is 2. The second-order valence-electron chi connectivity index (χ2n) is 6.02. The quantitative estimate of drug-likeness (QED) is 0.721. The van der Waals surface area contributed by atoms with Crippen LogP contribution >= 0.6 is 0 Å². The summed E-state index contributed by atoms with van der Waals surface area (Å²) in [7, 11) is 3.01. The smallest absolute Gasteiger partial charge is 0.416 e. The summed E-state index contributed by atoms with van der Waals surface area (Å²) in [6.07, 6.45) is -2.90. The molecule has 0 aliphatic carbocycles. The van der Waals surface area contributed by atoms with Gasteiger partial charge in [0.25, 0.3) is 5.91 Å². The highest BCUT2D eigenvalue weighted by Gasteiger charge is 2.33. The lowest BCUT2D eigenvalue weighted by molar-refractivity contribution is -0.137. The number of hydrogen-bond acceptors (Lipinski definition) is 4. The number of hydrogen-bond donors (Lipinski definition) is 0. The molecule has 1 amide bonds. The van der Waals surface area contributed by atoms with Gasteiger partial charge in [0.05, 0.1) is 36.8 Å². The third-order valence-electron chi connectivity index (χ3n) is 4.20. The molecule has 8 heteroatoms. The van der Waals surface area contributed by atoms with Crippen LogP contribution in [0.1, 0.15) is 18.1 Å². The van der Waals surface area contributed by atoms with Crippen molar-refractivity contribution in [3.8, 4) is 11.5 Å². The van der Waals surface area contributed by atoms with Crippen molar-refractivity contribution in [2.75, 3.05) is 19.2 Å². The van der Waals surface area contributed by atoms with Crippen LogP contribution in [-0.2, 0) is 11.0 Å². The van der Waals surface area contributed by atoms with E-state index in [2.05, 4.69) is 5.10 Å². The maximum Gasteiger partial charge on any atom is 0.416 e. The van der Waals surface area contributed by atoms with Crippen molar-refractivity contribution in [3.05, 3.63) is 59.2 Å². The van der Waals surface area contributed by atoms with Crippen LogP contribution in [0.15, 0.2) is 53.1 Å². The zero-order valence-corrected chi connectivity index (χ0v) is 15.4. The highest BCUT2D eigenvalue weighted by molar-refractivity contribution is 6.32. The molecule has 0 N–H and O–H groups in total. The van der Waals surface area contributed by atoms with Crippen molar-refractivity contribution in [2.24, 2.45) is 5.10 Å². The second-order valence-corrected chi connectivity index (χ2v) is 6.02. The molecule has 0 radical (unpaired) electrons. The molecular formula is C20H17F3N2O3. The third kappa shape index (κ3) is 3.71. The van der Waals surface area contributed by atoms with E-state index >= 15 is 0 Å². The van der Waals surface area contributed by atoms with E-state index in [1.54, 1.807) is 31.2 Å². The minimum Gasteiger partial charge on any atom is -0.493 e. The number of benzene rings is 2. The van der Waals surface area contributed by atoms with Crippen molar-refractivity contribution < 1.29 is 27.4 Å². The molecule has 0 atom stereocenters. The largest absolute Gasteiger partial charge is 0.493 e. The van der Waals surface area contributed by atoms with E-state index in [-0.39, 0.29) is 11.3 Å². The molecule has 28 heavy (non-hydrogen) atoms. The first-order valence-corrected chi connectivity index (χ1v) is 8.25. The van der Waals surface area contributed by atoms with Gasteiger partial charge in [0.15, 0.2) is 11.5 Å². The lowest BCUT2D eigenvalue weighted by Crippen LogP contribution is -2.21. The fourth-order valence-corrected chi connectivity index (χ4v) is 2.78. The predicted molar refractivity (Wildman–Crippen MR) is 99.6 cm³/mol. The molecule has 1 aliphatic heterocycles. The van der Waals surface area contributed by atoms with Crippen molar-refractivity contribution in [2.45, 2.75) is 13.1 Å². The van der Waals surface area contributed by atoms with E-state index in [0.29, 0.717) is 22.8 Å². The number of rotatable bonds is 4. The fourth-order valence-electron chi connectivity index (χ4n) is 2.78. The number of carbonyl (C=O) groups is 1. The van der Waals surface area contributed by atoms with Gasteiger partial charge in [-0.3, -0.25) is 4.79 Å². The van der Waals surface area contributed by atoms with Gasteiger partial charge < -0.3 is 9.47 Å². The van der Waals surface area contributed by atoms with Gasteiger partial charge in [0.2, 0.25) is 0 Å². The number of hydrazone groups is 1. The molecule has 3 rings (SSSR count). The molecule has 0 spiro atoms. The minimum atomic E-state index is -4.50. The zero-order valence-electron chi connectivity index (χ0n) is 15.4. The fraction of sp³-hybridized carbons (Fsp3) is 0.200. The number of amides is 1. The Bertz CT molecular complexity index is 981. The van der Waals surface area contributed by atoms with Crippen LogP contribution in [0.4, 0.5) is 18.9 Å². The summed E-state index contributed by atoms with van der Waals surface area (Å²) in [6, 6.07) is 9.62. The zero-order chi connectivity index (χ0) is 20.5. The summed E-state index contributed by atoms with van der Waals surface area (Å²) in [5, 5.41) is 5.10. The van der Waals surface area contributed by atoms with Gasteiger partial charge in [-0.25, -0.2) is 0 Å². The molecule has 0 unspecified atom stereocenters. The average molecular weight is 390 g/mol. The molecule has 0 saturated carbocycles. The normalized spacial score (nSPS) is 15.8. The Morgan fingerprint density at radius 1 is 1.04 bits per heavy atom. The van der Waals surface area contributed by atoms with Gasteiger partial charge in [-0.05, 0) is 48.9 Å². The standard InChI is InChI=1S/C20H17F3N2O3/c1-12-16(9-13-7-8-17(27-2)18(10-13)28-3)19(26)25(24-12)15-6-4-5-14(11-15)20(21,22)23/h4-11H,1-3H3. The van der Waals surface area contributed by atoms with E-state index in [4.69, 9.17) is 9.47 Å². The van der Waals surface area contributed by atoms with Gasteiger partial charge >= 0.3 is 6.18 Å². The van der Waals surface area contributed by atoms with E-state index < -0.39 is 17.6 Å². The lowest BCUT2D eigenvalue weighted by atomic mass is 10.1. The van der Waals surface area contributed by atoms with Gasteiger partial charge in [-0.2, -0.15) is 23.3 Å². The maximum atomic E-state index is 13.0. The van der Waals surface area contributed by atoms with Gasteiger partial charge in [0.1, 0.15) is 0 Å². The SMILES string of the molecule is COc1ccc(C=C2C(=O)N(c3cccc(C(F)(F)F)c3)N=C2C)cc1OC. The summed E-state index contributed by atoms with van der Waals surface area (Å²) >= 11 is 0. The summed E-state index contributed by atoms with van der Waals surface area (Å²) in [6.45, 7) is 1.62. The molecule has 146 valence electrons. The van der Waals surface area contributed by atoms with Crippen LogP contribution in [0.2, 0.25) is 0 Å². The number of halogens is 3. The van der Waals surface area contributed by atoms with Crippen LogP contribution in [0, 0.1) is 0 Å². The minimum absolute atomic E-state index is 0.0508. The average Bonchev–Trinajstić information content (AvgIpc) is 2.95. The number of alkyl halides is 3. The topological polar surface area (TPSA) is 51.1 Å². The van der Waals surface area contributed by atoms with E-state index in [1.165, 1.54) is 26.4 Å². The highest BCUT2D eigenvalue weighted by atomic mass is 19.4. The van der Waals surface area contributed by atoms with Gasteiger partial charge in [-0.1, -0.05) is 12.1 Å². The first-order valence-electron chi connectivity index (χ1n) is 8.25. The molecule has 2 aromatic carbocycles. The Labute approximate surface area is 159 Å². The molecule has 0 aromatic heterocycles. The second kappa shape index (κ2) is 7.38. The van der Waals surface area contributed by atoms with Gasteiger partial charge in [-0.15, -0.1) is 0 Å². The van der Waals surface area contributed by atoms with Crippen LogP contribution in [-0.4, -0.2) is 25.8 Å². The molecule has 1 heterocycles. The molecular weight excluding hydrogens is 373 g/mol. The number of nitrogens with zero attached hydrogens (tertiary/aromatic N) is 2. The van der Waals surface area contributed by atoms with Gasteiger partial charge in [0, 0.05) is 0 Å². The first-order chi connectivity index (χ1) is 13.2. The third-order valence-corrected chi connectivity index (χ3v) is 4.20. The molecule has 0 bridgehead atoms. The Hall–Kier alpha value is -3.29. The monoisotopic (exact) mass is 390 g/mol. The van der Waals surface area contributed by atoms with Crippen LogP contribution in [0.3, 0.4) is 0 Å². The van der Waals surface area contributed by atoms with Crippen molar-refractivity contribution in [3.63, 3.8) is 0 Å². The Kier molecular flexibility index (Phi) is 5.13. The van der Waals surface area contributed by atoms with Crippen LogP contribution in [0.25, 0.3) is 6.08 Å². The van der Waals surface area contributed by atoms with Crippen LogP contribution < -0.4 is 14.5 Å². The maximum absolute atomic E-state index is 13.0. The number of methoxy groups -OCH3 is 2. The summed E-state index contributed by atoms with van der Waals surface area (Å²) in [4.78, 5) is 12.8. The van der Waals surface area contributed by atoms with E-state index in [1.807, 2.05) is 0 Å². The molecule has 1 aliphatic rings. The van der Waals surface area contributed by atoms with Crippen molar-refractivity contribution >= 4 is 23.4 Å². The summed E-state index contributed by atoms with van der Waals surface area (Å²) < 4.78 is 49.3. The summed E-state index contributed by atoms with van der Waals surface area (Å²) in [5.41, 5.74) is 0.557. The van der Waals surface area contributed by atoms with E-state index in [0.717, 1.165) is 17.1 Å². The molecule has 0 fully saturated rings. The Morgan fingerprint density at radius 3 is 2.39 bits per heavy atom. The predicted octanol–water partition coefficient (Wildman–Crippen LogP) is 4.53. The lowest BCUT2D eigenvalue weighted by Gasteiger charge is -2.14. The summed E-state index contributed by atoms with van der Waals surface area (Å²) in [5.74, 6) is 0.525. The molecule has 5 nitrogen and oxygen atoms in total. The Balaban J connectivity index is 1.94. The van der Waals surface area contributed by atoms with Crippen LogP contribution in [0.5, 0.6) is 11.5 Å². The Morgan fingerprint density at radius 2 is 1.75 bits per heavy atom. The molecule has 0 saturated heterocycles. The molecule has 2 aromatic rings. The number of anilines is 1. The van der Waals surface area contributed by atoms with Crippen molar-refractivity contribution in [1.82, 2.24) is 0 Å².